The Kier molecular flexibility index (Phi) is 6.15. The third kappa shape index (κ3) is 4.39. The maximum absolute atomic E-state index is 4.49. The Balaban J connectivity index is 1.81. The molecular formula is C16H23N3S. The van der Waals surface area contributed by atoms with Gasteiger partial charge >= 0.3 is 0 Å². The number of benzene rings is 1. The van der Waals surface area contributed by atoms with Crippen LogP contribution in [-0.4, -0.2) is 22.1 Å². The van der Waals surface area contributed by atoms with Crippen molar-refractivity contribution in [3.8, 4) is 0 Å². The van der Waals surface area contributed by atoms with Crippen molar-refractivity contribution >= 4 is 11.8 Å². The lowest BCUT2D eigenvalue weighted by molar-refractivity contribution is 0.637. The predicted octanol–water partition coefficient (Wildman–Crippen LogP) is 3.48. The van der Waals surface area contributed by atoms with Gasteiger partial charge in [-0.15, -0.1) is 11.8 Å². The highest BCUT2D eigenvalue weighted by Crippen LogP contribution is 2.17. The standard InChI is InChI=1S/C16H23N3S/c1-3-9-17-12-15-13-18-19(14(15)2)10-11-20-16-7-5-4-6-8-16/h4-8,13,17H,3,9-12H2,1-2H3. The normalized spacial score (nSPS) is 10.9. The minimum absolute atomic E-state index is 0.922. The van der Waals surface area contributed by atoms with E-state index in [4.69, 9.17) is 0 Å². The van der Waals surface area contributed by atoms with E-state index in [0.717, 1.165) is 25.4 Å². The summed E-state index contributed by atoms with van der Waals surface area (Å²) in [6, 6.07) is 10.5. The Morgan fingerprint density at radius 2 is 2.05 bits per heavy atom. The quantitative estimate of drug-likeness (QED) is 0.596. The van der Waals surface area contributed by atoms with Gasteiger partial charge in [0.05, 0.1) is 12.7 Å². The minimum atomic E-state index is 0.922. The maximum atomic E-state index is 4.49. The Morgan fingerprint density at radius 3 is 2.80 bits per heavy atom. The molecule has 1 N–H and O–H groups in total. The molecule has 0 saturated carbocycles. The Bertz CT molecular complexity index is 508. The van der Waals surface area contributed by atoms with Crippen molar-refractivity contribution < 1.29 is 0 Å². The van der Waals surface area contributed by atoms with Crippen LogP contribution in [0.3, 0.4) is 0 Å². The molecule has 0 bridgehead atoms. The smallest absolute Gasteiger partial charge is 0.0537 e. The Hall–Kier alpha value is -1.26. The molecule has 0 aliphatic rings. The van der Waals surface area contributed by atoms with Gasteiger partial charge in [-0.3, -0.25) is 4.68 Å². The van der Waals surface area contributed by atoms with E-state index in [2.05, 4.69) is 59.3 Å². The highest BCUT2D eigenvalue weighted by atomic mass is 32.2. The highest BCUT2D eigenvalue weighted by Gasteiger charge is 2.05. The number of hydrogen-bond donors (Lipinski definition) is 1. The van der Waals surface area contributed by atoms with Gasteiger partial charge in [-0.05, 0) is 32.0 Å². The lowest BCUT2D eigenvalue weighted by Crippen LogP contribution is -2.14. The second-order valence-corrected chi connectivity index (χ2v) is 5.98. The Morgan fingerprint density at radius 1 is 1.25 bits per heavy atom. The molecule has 0 atom stereocenters. The zero-order chi connectivity index (χ0) is 14.2. The van der Waals surface area contributed by atoms with Crippen molar-refractivity contribution in [2.24, 2.45) is 0 Å². The van der Waals surface area contributed by atoms with Crippen molar-refractivity contribution in [2.45, 2.75) is 38.3 Å². The van der Waals surface area contributed by atoms with Gasteiger partial charge in [-0.25, -0.2) is 0 Å². The average Bonchev–Trinajstić information content (AvgIpc) is 2.82. The van der Waals surface area contributed by atoms with Crippen molar-refractivity contribution in [3.05, 3.63) is 47.8 Å². The lowest BCUT2D eigenvalue weighted by atomic mass is 10.2. The molecule has 0 fully saturated rings. The van der Waals surface area contributed by atoms with E-state index >= 15 is 0 Å². The molecule has 0 amide bonds. The summed E-state index contributed by atoms with van der Waals surface area (Å²) in [5.74, 6) is 1.05. The number of nitrogens with zero attached hydrogens (tertiary/aromatic N) is 2. The largest absolute Gasteiger partial charge is 0.313 e. The average molecular weight is 289 g/mol. The van der Waals surface area contributed by atoms with Gasteiger partial charge in [-0.1, -0.05) is 25.1 Å². The number of nitrogens with one attached hydrogen (secondary N) is 1. The van der Waals surface area contributed by atoms with Gasteiger partial charge < -0.3 is 5.32 Å². The molecular weight excluding hydrogens is 266 g/mol. The number of aromatic nitrogens is 2. The molecule has 0 spiro atoms. The number of hydrogen-bond acceptors (Lipinski definition) is 3. The van der Waals surface area contributed by atoms with Crippen LogP contribution in [0.2, 0.25) is 0 Å². The van der Waals surface area contributed by atoms with Crippen molar-refractivity contribution in [2.75, 3.05) is 12.3 Å². The molecule has 0 radical (unpaired) electrons. The highest BCUT2D eigenvalue weighted by molar-refractivity contribution is 7.99. The molecule has 20 heavy (non-hydrogen) atoms. The van der Waals surface area contributed by atoms with E-state index in [1.165, 1.54) is 22.6 Å². The van der Waals surface area contributed by atoms with Gasteiger partial charge in [0, 0.05) is 28.5 Å². The van der Waals surface area contributed by atoms with Crippen LogP contribution in [0, 0.1) is 6.92 Å². The van der Waals surface area contributed by atoms with E-state index in [9.17, 15) is 0 Å². The summed E-state index contributed by atoms with van der Waals surface area (Å²) in [5.41, 5.74) is 2.59. The van der Waals surface area contributed by atoms with E-state index < -0.39 is 0 Å². The van der Waals surface area contributed by atoms with Crippen LogP contribution in [-0.2, 0) is 13.1 Å². The van der Waals surface area contributed by atoms with Crippen LogP contribution in [0.25, 0.3) is 0 Å². The van der Waals surface area contributed by atoms with Crippen molar-refractivity contribution in [1.29, 1.82) is 0 Å². The summed E-state index contributed by atoms with van der Waals surface area (Å²) in [6.45, 7) is 7.28. The van der Waals surface area contributed by atoms with E-state index in [1.54, 1.807) is 0 Å². The van der Waals surface area contributed by atoms with E-state index in [-0.39, 0.29) is 0 Å². The van der Waals surface area contributed by atoms with Crippen LogP contribution >= 0.6 is 11.8 Å². The fraction of sp³-hybridized carbons (Fsp3) is 0.438. The summed E-state index contributed by atoms with van der Waals surface area (Å²) in [7, 11) is 0. The predicted molar refractivity (Wildman–Crippen MR) is 86.1 cm³/mol. The number of rotatable bonds is 8. The number of aryl methyl sites for hydroxylation is 1. The molecule has 0 saturated heterocycles. The fourth-order valence-electron chi connectivity index (χ4n) is 2.05. The van der Waals surface area contributed by atoms with Crippen LogP contribution in [0.5, 0.6) is 0 Å². The third-order valence-corrected chi connectivity index (χ3v) is 4.25. The van der Waals surface area contributed by atoms with Gasteiger partial charge in [-0.2, -0.15) is 5.10 Å². The molecule has 3 nitrogen and oxygen atoms in total. The number of thioether (sulfide) groups is 1. The minimum Gasteiger partial charge on any atom is -0.313 e. The lowest BCUT2D eigenvalue weighted by Gasteiger charge is -2.06. The third-order valence-electron chi connectivity index (χ3n) is 3.26. The van der Waals surface area contributed by atoms with E-state index in [1.807, 2.05) is 18.0 Å². The van der Waals surface area contributed by atoms with Gasteiger partial charge in [0.1, 0.15) is 0 Å². The molecule has 0 aliphatic carbocycles. The van der Waals surface area contributed by atoms with E-state index in [0.29, 0.717) is 0 Å². The first-order valence-electron chi connectivity index (χ1n) is 7.21. The first-order chi connectivity index (χ1) is 9.81. The second kappa shape index (κ2) is 8.12. The zero-order valence-corrected chi connectivity index (χ0v) is 13.1. The van der Waals surface area contributed by atoms with Gasteiger partial charge in [0.2, 0.25) is 0 Å². The van der Waals surface area contributed by atoms with Crippen LogP contribution < -0.4 is 5.32 Å². The summed E-state index contributed by atoms with van der Waals surface area (Å²) < 4.78 is 2.11. The summed E-state index contributed by atoms with van der Waals surface area (Å²) in [6.07, 6.45) is 3.16. The monoisotopic (exact) mass is 289 g/mol. The molecule has 1 aromatic heterocycles. The first kappa shape index (κ1) is 15.1. The first-order valence-corrected chi connectivity index (χ1v) is 8.19. The molecule has 1 heterocycles. The van der Waals surface area contributed by atoms with Crippen molar-refractivity contribution in [1.82, 2.24) is 15.1 Å². The van der Waals surface area contributed by atoms with Crippen LogP contribution in [0.15, 0.2) is 41.4 Å². The summed E-state index contributed by atoms with van der Waals surface area (Å²) in [4.78, 5) is 1.32. The summed E-state index contributed by atoms with van der Waals surface area (Å²) >= 11 is 1.88. The topological polar surface area (TPSA) is 29.9 Å². The molecule has 2 aromatic rings. The molecule has 0 unspecified atom stereocenters. The fourth-order valence-corrected chi connectivity index (χ4v) is 2.90. The molecule has 0 aliphatic heterocycles. The molecule has 1 aromatic carbocycles. The maximum Gasteiger partial charge on any atom is 0.0537 e. The summed E-state index contributed by atoms with van der Waals surface area (Å²) in [5, 5.41) is 7.92. The van der Waals surface area contributed by atoms with Gasteiger partial charge in [0.25, 0.3) is 0 Å². The SMILES string of the molecule is CCCNCc1cnn(CCSc2ccccc2)c1C. The van der Waals surface area contributed by atoms with Gasteiger partial charge in [0.15, 0.2) is 0 Å². The zero-order valence-electron chi connectivity index (χ0n) is 12.3. The molecule has 4 heteroatoms. The molecule has 2 rings (SSSR count). The van der Waals surface area contributed by atoms with Crippen molar-refractivity contribution in [3.63, 3.8) is 0 Å². The van der Waals surface area contributed by atoms with Crippen LogP contribution in [0.4, 0.5) is 0 Å². The van der Waals surface area contributed by atoms with Crippen LogP contribution in [0.1, 0.15) is 24.6 Å². The Labute approximate surface area is 125 Å². The molecule has 108 valence electrons. The second-order valence-electron chi connectivity index (χ2n) is 4.82.